The third-order valence-corrected chi connectivity index (χ3v) is 4.97. The van der Waals surface area contributed by atoms with Crippen LogP contribution in [0.25, 0.3) is 0 Å². The van der Waals surface area contributed by atoms with E-state index in [9.17, 15) is 13.2 Å². The lowest BCUT2D eigenvalue weighted by molar-refractivity contribution is 0.0935. The lowest BCUT2D eigenvalue weighted by atomic mass is 10.0. The standard InChI is InChI=1S/C19H23ClN2O5S/c1-5-16(12-6-9-17(26-2)18(10-12)27-3)21-19(23)14-11-13(7-8-15(14)20)22-28(4,24)25/h6-11,16,22H,5H2,1-4H3,(H,21,23). The van der Waals surface area contributed by atoms with Crippen LogP contribution in [0.5, 0.6) is 11.5 Å². The summed E-state index contributed by atoms with van der Waals surface area (Å²) in [7, 11) is -0.373. The molecule has 0 fully saturated rings. The maximum Gasteiger partial charge on any atom is 0.253 e. The van der Waals surface area contributed by atoms with E-state index >= 15 is 0 Å². The zero-order chi connectivity index (χ0) is 20.9. The van der Waals surface area contributed by atoms with Gasteiger partial charge in [0.05, 0.1) is 37.1 Å². The van der Waals surface area contributed by atoms with Gasteiger partial charge < -0.3 is 14.8 Å². The summed E-state index contributed by atoms with van der Waals surface area (Å²) in [5, 5.41) is 3.14. The number of anilines is 1. The predicted octanol–water partition coefficient (Wildman–Crippen LogP) is 3.61. The first-order valence-electron chi connectivity index (χ1n) is 8.48. The smallest absolute Gasteiger partial charge is 0.253 e. The average molecular weight is 427 g/mol. The van der Waals surface area contributed by atoms with E-state index in [4.69, 9.17) is 21.1 Å². The summed E-state index contributed by atoms with van der Waals surface area (Å²) in [5.74, 6) is 0.740. The first kappa shape index (κ1) is 21.8. The number of rotatable bonds is 8. The molecule has 0 saturated heterocycles. The van der Waals surface area contributed by atoms with Gasteiger partial charge in [0.1, 0.15) is 0 Å². The van der Waals surface area contributed by atoms with Crippen molar-refractivity contribution < 1.29 is 22.7 Å². The molecule has 9 heteroatoms. The van der Waals surface area contributed by atoms with E-state index in [1.54, 1.807) is 26.4 Å². The van der Waals surface area contributed by atoms with Gasteiger partial charge >= 0.3 is 0 Å². The molecule has 0 radical (unpaired) electrons. The first-order chi connectivity index (χ1) is 13.2. The Balaban J connectivity index is 2.28. The highest BCUT2D eigenvalue weighted by Crippen LogP contribution is 2.31. The number of sulfonamides is 1. The molecule has 0 aliphatic rings. The number of nitrogens with one attached hydrogen (secondary N) is 2. The molecule has 152 valence electrons. The van der Waals surface area contributed by atoms with Crippen LogP contribution in [0.2, 0.25) is 5.02 Å². The van der Waals surface area contributed by atoms with Gasteiger partial charge in [0.2, 0.25) is 10.0 Å². The largest absolute Gasteiger partial charge is 0.493 e. The van der Waals surface area contributed by atoms with Crippen LogP contribution in [-0.4, -0.2) is 34.8 Å². The second kappa shape index (κ2) is 9.16. The Labute approximate surface area is 170 Å². The van der Waals surface area contributed by atoms with Crippen molar-refractivity contribution in [3.05, 3.63) is 52.5 Å². The Morgan fingerprint density at radius 3 is 2.36 bits per heavy atom. The van der Waals surface area contributed by atoms with Crippen LogP contribution in [0, 0.1) is 0 Å². The molecule has 0 spiro atoms. The van der Waals surface area contributed by atoms with Gasteiger partial charge in [0.25, 0.3) is 5.91 Å². The number of amides is 1. The molecular weight excluding hydrogens is 404 g/mol. The Morgan fingerprint density at radius 1 is 1.11 bits per heavy atom. The zero-order valence-electron chi connectivity index (χ0n) is 16.1. The lowest BCUT2D eigenvalue weighted by Gasteiger charge is -2.20. The molecule has 1 atom stereocenters. The third kappa shape index (κ3) is 5.53. The summed E-state index contributed by atoms with van der Waals surface area (Å²) < 4.78 is 35.7. The molecule has 0 aliphatic heterocycles. The summed E-state index contributed by atoms with van der Waals surface area (Å²) in [6.45, 7) is 1.94. The average Bonchev–Trinajstić information content (AvgIpc) is 2.65. The zero-order valence-corrected chi connectivity index (χ0v) is 17.6. The van der Waals surface area contributed by atoms with E-state index in [1.807, 2.05) is 13.0 Å². The van der Waals surface area contributed by atoms with E-state index in [0.29, 0.717) is 17.9 Å². The number of carbonyl (C=O) groups is 1. The molecule has 2 aromatic carbocycles. The molecule has 2 N–H and O–H groups in total. The number of halogens is 1. The van der Waals surface area contributed by atoms with Crippen molar-refractivity contribution in [2.75, 3.05) is 25.2 Å². The van der Waals surface area contributed by atoms with Gasteiger partial charge in [-0.1, -0.05) is 24.6 Å². The molecule has 1 amide bonds. The van der Waals surface area contributed by atoms with E-state index in [1.165, 1.54) is 18.2 Å². The van der Waals surface area contributed by atoms with Crippen LogP contribution in [0.4, 0.5) is 5.69 Å². The van der Waals surface area contributed by atoms with Crippen molar-refractivity contribution in [1.29, 1.82) is 0 Å². The van der Waals surface area contributed by atoms with Gasteiger partial charge in [0, 0.05) is 5.69 Å². The molecule has 2 aromatic rings. The third-order valence-electron chi connectivity index (χ3n) is 4.04. The van der Waals surface area contributed by atoms with Crippen molar-refractivity contribution in [3.8, 4) is 11.5 Å². The second-order valence-electron chi connectivity index (χ2n) is 6.12. The second-order valence-corrected chi connectivity index (χ2v) is 8.27. The Morgan fingerprint density at radius 2 is 1.79 bits per heavy atom. The molecule has 2 rings (SSSR count). The van der Waals surface area contributed by atoms with Crippen molar-refractivity contribution in [1.82, 2.24) is 5.32 Å². The first-order valence-corrected chi connectivity index (χ1v) is 10.8. The highest BCUT2D eigenvalue weighted by atomic mass is 35.5. The maximum absolute atomic E-state index is 12.8. The van der Waals surface area contributed by atoms with Crippen LogP contribution >= 0.6 is 11.6 Å². The summed E-state index contributed by atoms with van der Waals surface area (Å²) >= 11 is 6.15. The van der Waals surface area contributed by atoms with Crippen LogP contribution in [0.1, 0.15) is 35.3 Å². The molecule has 0 aliphatic carbocycles. The van der Waals surface area contributed by atoms with Crippen molar-refractivity contribution >= 4 is 33.2 Å². The molecule has 0 saturated carbocycles. The fraction of sp³-hybridized carbons (Fsp3) is 0.316. The number of carbonyl (C=O) groups excluding carboxylic acids is 1. The molecule has 0 bridgehead atoms. The van der Waals surface area contributed by atoms with Crippen LogP contribution in [0.15, 0.2) is 36.4 Å². The van der Waals surface area contributed by atoms with Gasteiger partial charge in [-0.3, -0.25) is 9.52 Å². The van der Waals surface area contributed by atoms with Gasteiger partial charge in [0.15, 0.2) is 11.5 Å². The van der Waals surface area contributed by atoms with Gasteiger partial charge in [-0.2, -0.15) is 0 Å². The summed E-state index contributed by atoms with van der Waals surface area (Å²) in [6, 6.07) is 9.49. The van der Waals surface area contributed by atoms with Gasteiger partial charge in [-0.15, -0.1) is 0 Å². The Kier molecular flexibility index (Phi) is 7.15. The van der Waals surface area contributed by atoms with Crippen LogP contribution in [-0.2, 0) is 10.0 Å². The fourth-order valence-corrected chi connectivity index (χ4v) is 3.46. The minimum absolute atomic E-state index is 0.175. The molecule has 7 nitrogen and oxygen atoms in total. The van der Waals surface area contributed by atoms with E-state index in [-0.39, 0.29) is 22.3 Å². The van der Waals surface area contributed by atoms with Gasteiger partial charge in [-0.25, -0.2) is 8.42 Å². The molecule has 28 heavy (non-hydrogen) atoms. The topological polar surface area (TPSA) is 93.7 Å². The van der Waals surface area contributed by atoms with Crippen LogP contribution in [0.3, 0.4) is 0 Å². The number of ether oxygens (including phenoxy) is 2. The highest BCUT2D eigenvalue weighted by Gasteiger charge is 2.19. The van der Waals surface area contributed by atoms with Crippen molar-refractivity contribution in [2.24, 2.45) is 0 Å². The van der Waals surface area contributed by atoms with Gasteiger partial charge in [-0.05, 0) is 42.3 Å². The number of benzene rings is 2. The van der Waals surface area contributed by atoms with Crippen LogP contribution < -0.4 is 19.5 Å². The highest BCUT2D eigenvalue weighted by molar-refractivity contribution is 7.92. The van der Waals surface area contributed by atoms with Crippen molar-refractivity contribution in [3.63, 3.8) is 0 Å². The van der Waals surface area contributed by atoms with E-state index in [2.05, 4.69) is 10.0 Å². The maximum atomic E-state index is 12.8. The Hall–Kier alpha value is -2.45. The predicted molar refractivity (Wildman–Crippen MR) is 110 cm³/mol. The number of hydrogen-bond donors (Lipinski definition) is 2. The Bertz CT molecular complexity index is 963. The minimum atomic E-state index is -3.47. The van der Waals surface area contributed by atoms with E-state index < -0.39 is 15.9 Å². The summed E-state index contributed by atoms with van der Waals surface area (Å²) in [6.07, 6.45) is 1.66. The molecule has 1 unspecified atom stereocenters. The normalized spacial score (nSPS) is 12.2. The minimum Gasteiger partial charge on any atom is -0.493 e. The molecule has 0 aromatic heterocycles. The summed E-state index contributed by atoms with van der Waals surface area (Å²) in [4.78, 5) is 12.8. The summed E-state index contributed by atoms with van der Waals surface area (Å²) in [5.41, 5.74) is 1.28. The lowest BCUT2D eigenvalue weighted by Crippen LogP contribution is -2.28. The van der Waals surface area contributed by atoms with Crippen molar-refractivity contribution in [2.45, 2.75) is 19.4 Å². The molecule has 0 heterocycles. The van der Waals surface area contributed by atoms with E-state index in [0.717, 1.165) is 11.8 Å². The number of hydrogen-bond acceptors (Lipinski definition) is 5. The SMILES string of the molecule is CCC(NC(=O)c1cc(NS(C)(=O)=O)ccc1Cl)c1ccc(OC)c(OC)c1. The molecular formula is C19H23ClN2O5S. The number of methoxy groups -OCH3 is 2. The monoisotopic (exact) mass is 426 g/mol. The quantitative estimate of drug-likeness (QED) is 0.672. The fourth-order valence-electron chi connectivity index (χ4n) is 2.70.